The first kappa shape index (κ1) is 9.43. The minimum atomic E-state index is 0.204. The Labute approximate surface area is 61.4 Å². The SMILES string of the molecule is CCCO.O=C1CCCN1. The van der Waals surface area contributed by atoms with E-state index in [4.69, 9.17) is 5.11 Å². The van der Waals surface area contributed by atoms with Gasteiger partial charge in [-0.2, -0.15) is 0 Å². The molecule has 60 valence electrons. The standard InChI is InChI=1S/C4H7NO.C3H8O/c6-4-2-1-3-5-4;1-2-3-4/h1-3H2,(H,5,6);4H,2-3H2,1H3. The van der Waals surface area contributed by atoms with Gasteiger partial charge in [0.2, 0.25) is 5.91 Å². The summed E-state index contributed by atoms with van der Waals surface area (Å²) < 4.78 is 0. The van der Waals surface area contributed by atoms with Gasteiger partial charge in [-0.15, -0.1) is 0 Å². The lowest BCUT2D eigenvalue weighted by Gasteiger charge is -1.80. The van der Waals surface area contributed by atoms with E-state index in [1.807, 2.05) is 6.92 Å². The summed E-state index contributed by atoms with van der Waals surface area (Å²) >= 11 is 0. The van der Waals surface area contributed by atoms with Crippen molar-refractivity contribution >= 4 is 5.91 Å². The van der Waals surface area contributed by atoms with Crippen LogP contribution in [0.1, 0.15) is 26.2 Å². The molecular formula is C7H15NO2. The topological polar surface area (TPSA) is 49.3 Å². The molecule has 0 radical (unpaired) electrons. The average Bonchev–Trinajstić information content (AvgIpc) is 2.40. The van der Waals surface area contributed by atoms with Gasteiger partial charge in [-0.05, 0) is 12.8 Å². The molecule has 2 N–H and O–H groups in total. The number of amides is 1. The molecule has 1 amide bonds. The molecular weight excluding hydrogens is 130 g/mol. The highest BCUT2D eigenvalue weighted by atomic mass is 16.2. The first-order chi connectivity index (χ1) is 4.81. The minimum absolute atomic E-state index is 0.204. The van der Waals surface area contributed by atoms with E-state index in [1.54, 1.807) is 0 Å². The van der Waals surface area contributed by atoms with Crippen LogP contribution in [0.3, 0.4) is 0 Å². The van der Waals surface area contributed by atoms with Gasteiger partial charge in [0, 0.05) is 19.6 Å². The molecule has 1 aliphatic rings. The van der Waals surface area contributed by atoms with Crippen molar-refractivity contribution in [3.63, 3.8) is 0 Å². The van der Waals surface area contributed by atoms with Crippen LogP contribution < -0.4 is 5.32 Å². The maximum absolute atomic E-state index is 10.1. The number of aliphatic hydroxyl groups excluding tert-OH is 1. The van der Waals surface area contributed by atoms with E-state index in [0.717, 1.165) is 25.8 Å². The maximum Gasteiger partial charge on any atom is 0.220 e. The number of carbonyl (C=O) groups is 1. The number of nitrogens with one attached hydrogen (secondary N) is 1. The molecule has 3 nitrogen and oxygen atoms in total. The third-order valence-electron chi connectivity index (χ3n) is 1.13. The van der Waals surface area contributed by atoms with Crippen LogP contribution in [0.5, 0.6) is 0 Å². The van der Waals surface area contributed by atoms with E-state index < -0.39 is 0 Å². The average molecular weight is 145 g/mol. The lowest BCUT2D eigenvalue weighted by molar-refractivity contribution is -0.119. The second-order valence-electron chi connectivity index (χ2n) is 2.18. The lowest BCUT2D eigenvalue weighted by atomic mass is 10.4. The molecule has 10 heavy (non-hydrogen) atoms. The number of hydrogen-bond donors (Lipinski definition) is 2. The zero-order valence-electron chi connectivity index (χ0n) is 6.39. The third kappa shape index (κ3) is 5.56. The molecule has 3 heteroatoms. The Morgan fingerprint density at radius 2 is 2.30 bits per heavy atom. The van der Waals surface area contributed by atoms with Crippen molar-refractivity contribution in [2.75, 3.05) is 13.2 Å². The van der Waals surface area contributed by atoms with Crippen molar-refractivity contribution in [3.8, 4) is 0 Å². The Morgan fingerprint density at radius 1 is 1.70 bits per heavy atom. The first-order valence-corrected chi connectivity index (χ1v) is 3.68. The van der Waals surface area contributed by atoms with E-state index >= 15 is 0 Å². The fraction of sp³-hybridized carbons (Fsp3) is 0.857. The van der Waals surface area contributed by atoms with E-state index in [9.17, 15) is 4.79 Å². The highest BCUT2D eigenvalue weighted by molar-refractivity contribution is 5.77. The molecule has 0 aromatic rings. The predicted molar refractivity (Wildman–Crippen MR) is 39.6 cm³/mol. The Hall–Kier alpha value is -0.570. The highest BCUT2D eigenvalue weighted by Crippen LogP contribution is 1.93. The van der Waals surface area contributed by atoms with Crippen LogP contribution in [0, 0.1) is 0 Å². The molecule has 1 aliphatic heterocycles. The zero-order valence-corrected chi connectivity index (χ0v) is 6.39. The summed E-state index contributed by atoms with van der Waals surface area (Å²) in [7, 11) is 0. The van der Waals surface area contributed by atoms with Gasteiger partial charge in [-0.1, -0.05) is 6.92 Å². The summed E-state index contributed by atoms with van der Waals surface area (Å²) in [5.41, 5.74) is 0. The van der Waals surface area contributed by atoms with Crippen molar-refractivity contribution < 1.29 is 9.90 Å². The van der Waals surface area contributed by atoms with Crippen molar-refractivity contribution in [2.24, 2.45) is 0 Å². The molecule has 1 fully saturated rings. The van der Waals surface area contributed by atoms with Crippen LogP contribution in [0.4, 0.5) is 0 Å². The second-order valence-corrected chi connectivity index (χ2v) is 2.18. The van der Waals surface area contributed by atoms with E-state index in [2.05, 4.69) is 5.32 Å². The second kappa shape index (κ2) is 6.55. The smallest absolute Gasteiger partial charge is 0.220 e. The first-order valence-electron chi connectivity index (χ1n) is 3.68. The largest absolute Gasteiger partial charge is 0.396 e. The normalized spacial score (nSPS) is 15.6. The van der Waals surface area contributed by atoms with Gasteiger partial charge >= 0.3 is 0 Å². The van der Waals surface area contributed by atoms with Gasteiger partial charge in [0.1, 0.15) is 0 Å². The lowest BCUT2D eigenvalue weighted by Crippen LogP contribution is -2.12. The monoisotopic (exact) mass is 145 g/mol. The summed E-state index contributed by atoms with van der Waals surface area (Å²) in [5, 5.41) is 10.6. The van der Waals surface area contributed by atoms with Crippen molar-refractivity contribution in [1.29, 1.82) is 0 Å². The Balaban J connectivity index is 0.000000180. The fourth-order valence-electron chi connectivity index (χ4n) is 0.565. The molecule has 0 aromatic carbocycles. The Kier molecular flexibility index (Phi) is 6.18. The Morgan fingerprint density at radius 3 is 2.40 bits per heavy atom. The quantitative estimate of drug-likeness (QED) is 0.557. The number of rotatable bonds is 1. The molecule has 1 heterocycles. The van der Waals surface area contributed by atoms with Crippen LogP contribution in [0.2, 0.25) is 0 Å². The van der Waals surface area contributed by atoms with Gasteiger partial charge in [-0.25, -0.2) is 0 Å². The van der Waals surface area contributed by atoms with E-state index in [-0.39, 0.29) is 5.91 Å². The molecule has 0 saturated carbocycles. The molecule has 0 unspecified atom stereocenters. The van der Waals surface area contributed by atoms with Crippen LogP contribution >= 0.6 is 0 Å². The molecule has 0 atom stereocenters. The van der Waals surface area contributed by atoms with Gasteiger partial charge in [-0.3, -0.25) is 4.79 Å². The maximum atomic E-state index is 10.1. The summed E-state index contributed by atoms with van der Waals surface area (Å²) in [6, 6.07) is 0. The zero-order chi connectivity index (χ0) is 7.82. The molecule has 0 aliphatic carbocycles. The van der Waals surface area contributed by atoms with Crippen molar-refractivity contribution in [3.05, 3.63) is 0 Å². The summed E-state index contributed by atoms with van der Waals surface area (Å²) in [4.78, 5) is 10.1. The number of aliphatic hydroxyl groups is 1. The van der Waals surface area contributed by atoms with Crippen LogP contribution in [0.25, 0.3) is 0 Å². The molecule has 1 rings (SSSR count). The highest BCUT2D eigenvalue weighted by Gasteiger charge is 2.05. The van der Waals surface area contributed by atoms with Gasteiger partial charge in [0.15, 0.2) is 0 Å². The fourth-order valence-corrected chi connectivity index (χ4v) is 0.565. The van der Waals surface area contributed by atoms with Crippen LogP contribution in [-0.2, 0) is 4.79 Å². The van der Waals surface area contributed by atoms with Gasteiger partial charge < -0.3 is 10.4 Å². The van der Waals surface area contributed by atoms with Crippen LogP contribution in [-0.4, -0.2) is 24.2 Å². The predicted octanol–water partition coefficient (Wildman–Crippen LogP) is 0.285. The van der Waals surface area contributed by atoms with E-state index in [0.29, 0.717) is 6.61 Å². The third-order valence-corrected chi connectivity index (χ3v) is 1.13. The van der Waals surface area contributed by atoms with Crippen molar-refractivity contribution in [1.82, 2.24) is 5.32 Å². The molecule has 0 aromatic heterocycles. The molecule has 1 saturated heterocycles. The summed E-state index contributed by atoms with van der Waals surface area (Å²) in [6.07, 6.45) is 2.64. The number of carbonyl (C=O) groups excluding carboxylic acids is 1. The molecule has 0 bridgehead atoms. The summed E-state index contributed by atoms with van der Waals surface area (Å²) in [5.74, 6) is 0.204. The summed E-state index contributed by atoms with van der Waals surface area (Å²) in [6.45, 7) is 3.14. The molecule has 0 spiro atoms. The Bertz CT molecular complexity index is 83.6. The van der Waals surface area contributed by atoms with E-state index in [1.165, 1.54) is 0 Å². The van der Waals surface area contributed by atoms with Gasteiger partial charge in [0.05, 0.1) is 0 Å². The van der Waals surface area contributed by atoms with Crippen LogP contribution in [0.15, 0.2) is 0 Å². The minimum Gasteiger partial charge on any atom is -0.396 e. The van der Waals surface area contributed by atoms with Gasteiger partial charge in [0.25, 0.3) is 0 Å². The van der Waals surface area contributed by atoms with Crippen molar-refractivity contribution in [2.45, 2.75) is 26.2 Å². The number of hydrogen-bond acceptors (Lipinski definition) is 2.